The van der Waals surface area contributed by atoms with Crippen LogP contribution < -0.4 is 10.1 Å². The molecule has 146 valence electrons. The summed E-state index contributed by atoms with van der Waals surface area (Å²) < 4.78 is 10.3. The highest BCUT2D eigenvalue weighted by Crippen LogP contribution is 2.25. The van der Waals surface area contributed by atoms with Gasteiger partial charge in [-0.1, -0.05) is 24.3 Å². The number of rotatable bonds is 8. The number of aryl methyl sites for hydroxylation is 1. The highest BCUT2D eigenvalue weighted by molar-refractivity contribution is 5.96. The molecule has 0 spiro atoms. The number of benzene rings is 2. The molecule has 2 aromatic rings. The molecule has 0 aromatic heterocycles. The highest BCUT2D eigenvalue weighted by Gasteiger charge is 2.16. The van der Waals surface area contributed by atoms with Gasteiger partial charge in [-0.15, -0.1) is 0 Å². The van der Waals surface area contributed by atoms with Gasteiger partial charge in [-0.25, -0.2) is 4.79 Å². The lowest BCUT2D eigenvalue weighted by Crippen LogP contribution is -2.20. The molecule has 0 saturated carbocycles. The van der Waals surface area contributed by atoms with Gasteiger partial charge < -0.3 is 14.8 Å². The van der Waals surface area contributed by atoms with Crippen molar-refractivity contribution in [3.8, 4) is 5.75 Å². The summed E-state index contributed by atoms with van der Waals surface area (Å²) in [6.45, 7) is 3.48. The number of esters is 1. The predicted octanol–water partition coefficient (Wildman–Crippen LogP) is 3.50. The average molecular weight is 384 g/mol. The lowest BCUT2D eigenvalue weighted by Gasteiger charge is -2.07. The molecule has 0 aliphatic carbocycles. The number of hydrogen-bond acceptors (Lipinski definition) is 6. The van der Waals surface area contributed by atoms with Gasteiger partial charge in [0, 0.05) is 17.7 Å². The minimum atomic E-state index is -0.722. The van der Waals surface area contributed by atoms with Crippen LogP contribution in [0.3, 0.4) is 0 Å². The van der Waals surface area contributed by atoms with Gasteiger partial charge in [0.2, 0.25) is 0 Å². The molecule has 8 nitrogen and oxygen atoms in total. The number of nitro benzene ring substituents is 1. The van der Waals surface area contributed by atoms with E-state index < -0.39 is 23.4 Å². The topological polar surface area (TPSA) is 108 Å². The number of hydrogen-bond donors (Lipinski definition) is 1. The molecule has 0 aliphatic rings. The van der Waals surface area contributed by atoms with Crippen LogP contribution in [0.4, 0.5) is 11.4 Å². The molecule has 0 fully saturated rings. The molecule has 1 amide bonds. The van der Waals surface area contributed by atoms with Crippen LogP contribution in [0.5, 0.6) is 5.75 Å². The molecule has 0 radical (unpaired) electrons. The maximum atomic E-state index is 11.9. The Balaban J connectivity index is 1.93. The van der Waals surface area contributed by atoms with E-state index >= 15 is 0 Å². The monoisotopic (exact) mass is 384 g/mol. The first-order chi connectivity index (χ1) is 13.4. The number of nitrogens with zero attached hydrogens (tertiary/aromatic N) is 1. The molecule has 0 bridgehead atoms. The molecule has 2 aromatic carbocycles. The van der Waals surface area contributed by atoms with E-state index in [0.717, 1.165) is 0 Å². The normalized spacial score (nSPS) is 10.5. The van der Waals surface area contributed by atoms with Crippen molar-refractivity contribution in [1.29, 1.82) is 0 Å². The predicted molar refractivity (Wildman–Crippen MR) is 104 cm³/mol. The second-order valence-corrected chi connectivity index (χ2v) is 5.74. The SMILES string of the molecule is CCOc1ccccc1/C=C/C(=O)OCC(=O)Nc1ccc(C)cc1[N+](=O)[O-]. The van der Waals surface area contributed by atoms with Crippen molar-refractivity contribution in [2.75, 3.05) is 18.5 Å². The zero-order valence-corrected chi connectivity index (χ0v) is 15.5. The number of carbonyl (C=O) groups excluding carboxylic acids is 2. The third-order valence-electron chi connectivity index (χ3n) is 3.59. The van der Waals surface area contributed by atoms with Crippen LogP contribution in [0.1, 0.15) is 18.1 Å². The average Bonchev–Trinajstić information content (AvgIpc) is 2.67. The van der Waals surface area contributed by atoms with Crippen LogP contribution >= 0.6 is 0 Å². The van der Waals surface area contributed by atoms with E-state index in [1.165, 1.54) is 24.3 Å². The van der Waals surface area contributed by atoms with Gasteiger partial charge in [0.05, 0.1) is 11.5 Å². The zero-order chi connectivity index (χ0) is 20.5. The summed E-state index contributed by atoms with van der Waals surface area (Å²) in [5.41, 5.74) is 1.19. The molecule has 0 saturated heterocycles. The van der Waals surface area contributed by atoms with Crippen molar-refractivity contribution in [1.82, 2.24) is 0 Å². The Bertz CT molecular complexity index is 907. The van der Waals surface area contributed by atoms with Crippen LogP contribution in [-0.4, -0.2) is 30.0 Å². The maximum Gasteiger partial charge on any atom is 0.331 e. The fraction of sp³-hybridized carbons (Fsp3) is 0.200. The van der Waals surface area contributed by atoms with Crippen molar-refractivity contribution in [3.63, 3.8) is 0 Å². The molecule has 28 heavy (non-hydrogen) atoms. The number of nitro groups is 1. The Morgan fingerprint density at radius 3 is 2.68 bits per heavy atom. The number of anilines is 1. The lowest BCUT2D eigenvalue weighted by molar-refractivity contribution is -0.384. The summed E-state index contributed by atoms with van der Waals surface area (Å²) in [4.78, 5) is 34.2. The first kappa shape index (κ1) is 20.6. The third-order valence-corrected chi connectivity index (χ3v) is 3.59. The van der Waals surface area contributed by atoms with Crippen LogP contribution in [0.2, 0.25) is 0 Å². The number of ether oxygens (including phenoxy) is 2. The smallest absolute Gasteiger partial charge is 0.331 e. The summed E-state index contributed by atoms with van der Waals surface area (Å²) >= 11 is 0. The van der Waals surface area contributed by atoms with Crippen molar-refractivity contribution < 1.29 is 24.0 Å². The largest absolute Gasteiger partial charge is 0.493 e. The molecular weight excluding hydrogens is 364 g/mol. The van der Waals surface area contributed by atoms with Crippen molar-refractivity contribution >= 4 is 29.3 Å². The van der Waals surface area contributed by atoms with Crippen molar-refractivity contribution in [2.24, 2.45) is 0 Å². The van der Waals surface area contributed by atoms with Gasteiger partial charge in [-0.2, -0.15) is 0 Å². The van der Waals surface area contributed by atoms with E-state index in [4.69, 9.17) is 9.47 Å². The fourth-order valence-electron chi connectivity index (χ4n) is 2.33. The molecule has 0 heterocycles. The maximum absolute atomic E-state index is 11.9. The van der Waals surface area contributed by atoms with Crippen LogP contribution in [0.15, 0.2) is 48.5 Å². The second-order valence-electron chi connectivity index (χ2n) is 5.74. The van der Waals surface area contributed by atoms with E-state index in [0.29, 0.717) is 23.5 Å². The highest BCUT2D eigenvalue weighted by atomic mass is 16.6. The van der Waals surface area contributed by atoms with Crippen molar-refractivity contribution in [2.45, 2.75) is 13.8 Å². The van der Waals surface area contributed by atoms with E-state index in [9.17, 15) is 19.7 Å². The molecule has 0 aliphatic heterocycles. The van der Waals surface area contributed by atoms with E-state index in [1.807, 2.05) is 13.0 Å². The Morgan fingerprint density at radius 1 is 1.21 bits per heavy atom. The van der Waals surface area contributed by atoms with Gasteiger partial charge in [-0.05, 0) is 37.6 Å². The summed E-state index contributed by atoms with van der Waals surface area (Å²) in [7, 11) is 0. The minimum absolute atomic E-state index is 0.0397. The van der Waals surface area contributed by atoms with Gasteiger partial charge in [0.25, 0.3) is 11.6 Å². The van der Waals surface area contributed by atoms with Crippen molar-refractivity contribution in [3.05, 3.63) is 69.8 Å². The number of para-hydroxylation sites is 1. The van der Waals surface area contributed by atoms with Crippen LogP contribution in [-0.2, 0) is 14.3 Å². The zero-order valence-electron chi connectivity index (χ0n) is 15.5. The molecule has 0 unspecified atom stereocenters. The Labute approximate surface area is 161 Å². The second kappa shape index (κ2) is 9.86. The van der Waals surface area contributed by atoms with Crippen LogP contribution in [0, 0.1) is 17.0 Å². The van der Waals surface area contributed by atoms with E-state index in [-0.39, 0.29) is 11.4 Å². The van der Waals surface area contributed by atoms with Gasteiger partial charge in [-0.3, -0.25) is 14.9 Å². The minimum Gasteiger partial charge on any atom is -0.493 e. The first-order valence-corrected chi connectivity index (χ1v) is 8.52. The Morgan fingerprint density at radius 2 is 1.96 bits per heavy atom. The molecular formula is C20H20N2O6. The standard InChI is InChI=1S/C20H20N2O6/c1-3-27-18-7-5-4-6-15(18)9-11-20(24)28-13-19(23)21-16-10-8-14(2)12-17(16)22(25)26/h4-12H,3,13H2,1-2H3,(H,21,23)/b11-9+. The molecule has 8 heteroatoms. The summed E-state index contributed by atoms with van der Waals surface area (Å²) in [5, 5.41) is 13.4. The fourth-order valence-corrected chi connectivity index (χ4v) is 2.33. The molecule has 0 atom stereocenters. The Kier molecular flexibility index (Phi) is 7.27. The lowest BCUT2D eigenvalue weighted by atomic mass is 10.2. The van der Waals surface area contributed by atoms with Gasteiger partial charge in [0.15, 0.2) is 6.61 Å². The molecule has 1 N–H and O–H groups in total. The summed E-state index contributed by atoms with van der Waals surface area (Å²) in [6, 6.07) is 11.6. The first-order valence-electron chi connectivity index (χ1n) is 8.52. The number of nitrogens with one attached hydrogen (secondary N) is 1. The molecule has 2 rings (SSSR count). The summed E-state index contributed by atoms with van der Waals surface area (Å²) in [6.07, 6.45) is 2.70. The van der Waals surface area contributed by atoms with Gasteiger partial charge in [0.1, 0.15) is 11.4 Å². The number of carbonyl (C=O) groups is 2. The van der Waals surface area contributed by atoms with Crippen LogP contribution in [0.25, 0.3) is 6.08 Å². The van der Waals surface area contributed by atoms with E-state index in [2.05, 4.69) is 5.32 Å². The third kappa shape index (κ3) is 5.94. The van der Waals surface area contributed by atoms with E-state index in [1.54, 1.807) is 31.2 Å². The Hall–Kier alpha value is -3.68. The quantitative estimate of drug-likeness (QED) is 0.323. The number of amides is 1. The van der Waals surface area contributed by atoms with Gasteiger partial charge >= 0.3 is 5.97 Å². The summed E-state index contributed by atoms with van der Waals surface area (Å²) in [5.74, 6) is -0.776.